The van der Waals surface area contributed by atoms with Crippen LogP contribution >= 0.6 is 15.9 Å². The fourth-order valence-electron chi connectivity index (χ4n) is 2.67. The summed E-state index contributed by atoms with van der Waals surface area (Å²) in [5, 5.41) is 11.7. The van der Waals surface area contributed by atoms with Crippen molar-refractivity contribution in [3.05, 3.63) is 34.1 Å². The highest BCUT2D eigenvalue weighted by molar-refractivity contribution is 9.10. The van der Waals surface area contributed by atoms with Crippen LogP contribution in [0.1, 0.15) is 42.5 Å². The SMILES string of the molecule is O=C(O)CC1(NC(=O)c2cccc(Br)c2F)CCCC1. The van der Waals surface area contributed by atoms with Gasteiger partial charge in [0.1, 0.15) is 5.82 Å². The Bertz CT molecular complexity index is 541. The van der Waals surface area contributed by atoms with Gasteiger partial charge in [0.25, 0.3) is 5.91 Å². The zero-order valence-electron chi connectivity index (χ0n) is 10.8. The number of hydrogen-bond donors (Lipinski definition) is 2. The number of halogens is 2. The normalized spacial score (nSPS) is 16.9. The minimum atomic E-state index is -0.957. The van der Waals surface area contributed by atoms with Crippen LogP contribution in [0.15, 0.2) is 22.7 Å². The molecule has 1 aliphatic carbocycles. The van der Waals surface area contributed by atoms with Gasteiger partial charge in [0.05, 0.1) is 22.0 Å². The first-order valence-corrected chi connectivity index (χ1v) is 7.21. The topological polar surface area (TPSA) is 66.4 Å². The van der Waals surface area contributed by atoms with E-state index < -0.39 is 23.2 Å². The maximum Gasteiger partial charge on any atom is 0.305 e. The van der Waals surface area contributed by atoms with Gasteiger partial charge in [0, 0.05) is 0 Å². The summed E-state index contributed by atoms with van der Waals surface area (Å²) in [5.74, 6) is -2.15. The molecule has 1 amide bonds. The molecule has 0 aliphatic heterocycles. The molecule has 0 unspecified atom stereocenters. The Labute approximate surface area is 124 Å². The zero-order valence-corrected chi connectivity index (χ0v) is 12.4. The van der Waals surface area contributed by atoms with Crippen LogP contribution in [0.3, 0.4) is 0 Å². The maximum absolute atomic E-state index is 13.9. The van der Waals surface area contributed by atoms with Crippen LogP contribution in [-0.4, -0.2) is 22.5 Å². The fraction of sp³-hybridized carbons (Fsp3) is 0.429. The molecule has 0 atom stereocenters. The van der Waals surface area contributed by atoms with E-state index >= 15 is 0 Å². The summed E-state index contributed by atoms with van der Waals surface area (Å²) in [4.78, 5) is 23.2. The lowest BCUT2D eigenvalue weighted by Gasteiger charge is -2.28. The minimum Gasteiger partial charge on any atom is -0.481 e. The number of amides is 1. The van der Waals surface area contributed by atoms with Gasteiger partial charge in [-0.05, 0) is 40.9 Å². The number of carboxylic acids is 1. The molecule has 0 heterocycles. The molecule has 1 aromatic rings. The molecule has 1 fully saturated rings. The van der Waals surface area contributed by atoms with E-state index in [2.05, 4.69) is 21.2 Å². The van der Waals surface area contributed by atoms with Crippen molar-refractivity contribution < 1.29 is 19.1 Å². The van der Waals surface area contributed by atoms with Gasteiger partial charge in [0.2, 0.25) is 0 Å². The summed E-state index contributed by atoms with van der Waals surface area (Å²) < 4.78 is 14.1. The average Bonchev–Trinajstić information content (AvgIpc) is 2.79. The quantitative estimate of drug-likeness (QED) is 0.882. The average molecular weight is 344 g/mol. The zero-order chi connectivity index (χ0) is 14.8. The molecule has 1 aliphatic rings. The molecule has 6 heteroatoms. The van der Waals surface area contributed by atoms with Crippen molar-refractivity contribution in [1.29, 1.82) is 0 Å². The lowest BCUT2D eigenvalue weighted by molar-refractivity contribution is -0.138. The van der Waals surface area contributed by atoms with Gasteiger partial charge < -0.3 is 10.4 Å². The van der Waals surface area contributed by atoms with Crippen LogP contribution in [0.2, 0.25) is 0 Å². The molecular formula is C14H15BrFNO3. The predicted molar refractivity (Wildman–Crippen MR) is 75.0 cm³/mol. The molecule has 20 heavy (non-hydrogen) atoms. The van der Waals surface area contributed by atoms with E-state index in [9.17, 15) is 14.0 Å². The number of benzene rings is 1. The number of carbonyl (C=O) groups is 2. The van der Waals surface area contributed by atoms with E-state index in [4.69, 9.17) is 5.11 Å². The van der Waals surface area contributed by atoms with Crippen molar-refractivity contribution in [3.63, 3.8) is 0 Å². The predicted octanol–water partition coefficient (Wildman–Crippen LogP) is 3.11. The van der Waals surface area contributed by atoms with Crippen LogP contribution in [0.4, 0.5) is 4.39 Å². The minimum absolute atomic E-state index is 0.0731. The van der Waals surface area contributed by atoms with Gasteiger partial charge in [-0.25, -0.2) is 4.39 Å². The van der Waals surface area contributed by atoms with Crippen LogP contribution in [-0.2, 0) is 4.79 Å². The van der Waals surface area contributed by atoms with Crippen molar-refractivity contribution >= 4 is 27.8 Å². The highest BCUT2D eigenvalue weighted by atomic mass is 79.9. The third-order valence-corrected chi connectivity index (χ3v) is 4.24. The van der Waals surface area contributed by atoms with Crippen LogP contribution in [0.25, 0.3) is 0 Å². The Morgan fingerprint density at radius 2 is 2.00 bits per heavy atom. The molecule has 0 bridgehead atoms. The summed E-state index contributed by atoms with van der Waals surface area (Å²) in [6.07, 6.45) is 2.83. The van der Waals surface area contributed by atoms with E-state index in [1.807, 2.05) is 0 Å². The molecule has 2 rings (SSSR count). The van der Waals surface area contributed by atoms with Gasteiger partial charge >= 0.3 is 5.97 Å². The van der Waals surface area contributed by atoms with Crippen molar-refractivity contribution in [3.8, 4) is 0 Å². The second-order valence-corrected chi connectivity index (χ2v) is 5.97. The molecule has 0 spiro atoms. The van der Waals surface area contributed by atoms with Gasteiger partial charge in [-0.15, -0.1) is 0 Å². The summed E-state index contributed by atoms with van der Waals surface area (Å²) in [6, 6.07) is 4.47. The summed E-state index contributed by atoms with van der Waals surface area (Å²) in [6.45, 7) is 0. The monoisotopic (exact) mass is 343 g/mol. The molecular weight excluding hydrogens is 329 g/mol. The fourth-order valence-corrected chi connectivity index (χ4v) is 3.04. The smallest absolute Gasteiger partial charge is 0.305 e. The van der Waals surface area contributed by atoms with Gasteiger partial charge in [-0.1, -0.05) is 18.9 Å². The van der Waals surface area contributed by atoms with Crippen molar-refractivity contribution in [2.75, 3.05) is 0 Å². The Morgan fingerprint density at radius 3 is 2.60 bits per heavy atom. The maximum atomic E-state index is 13.9. The van der Waals surface area contributed by atoms with Crippen LogP contribution < -0.4 is 5.32 Å². The Morgan fingerprint density at radius 1 is 1.35 bits per heavy atom. The van der Waals surface area contributed by atoms with E-state index in [0.717, 1.165) is 12.8 Å². The molecule has 2 N–H and O–H groups in total. The number of rotatable bonds is 4. The number of hydrogen-bond acceptors (Lipinski definition) is 2. The molecule has 1 saturated carbocycles. The molecule has 0 aromatic heterocycles. The Kier molecular flexibility index (Phi) is 4.42. The molecule has 108 valence electrons. The number of nitrogens with one attached hydrogen (secondary N) is 1. The van der Waals surface area contributed by atoms with Gasteiger partial charge in [0.15, 0.2) is 0 Å². The summed E-state index contributed by atoms with van der Waals surface area (Å²) in [7, 11) is 0. The molecule has 1 aromatic carbocycles. The highest BCUT2D eigenvalue weighted by Gasteiger charge is 2.38. The standard InChI is InChI=1S/C14H15BrFNO3/c15-10-5-3-4-9(12(10)16)13(20)17-14(8-11(18)19)6-1-2-7-14/h3-5H,1-2,6-8H2,(H,17,20)(H,18,19). The van der Waals surface area contributed by atoms with Crippen LogP contribution in [0, 0.1) is 5.82 Å². The summed E-state index contributed by atoms with van der Waals surface area (Å²) in [5.41, 5.74) is -0.825. The lowest BCUT2D eigenvalue weighted by atomic mass is 9.92. The lowest BCUT2D eigenvalue weighted by Crippen LogP contribution is -2.48. The second kappa shape index (κ2) is 5.91. The first-order chi connectivity index (χ1) is 9.43. The first kappa shape index (κ1) is 15.0. The Hall–Kier alpha value is -1.43. The van der Waals surface area contributed by atoms with Crippen LogP contribution in [0.5, 0.6) is 0 Å². The van der Waals surface area contributed by atoms with E-state index in [-0.39, 0.29) is 16.5 Å². The number of carboxylic acid groups (broad SMARTS) is 1. The largest absolute Gasteiger partial charge is 0.481 e. The molecule has 0 saturated heterocycles. The third-order valence-electron chi connectivity index (χ3n) is 3.63. The van der Waals surface area contributed by atoms with Crippen molar-refractivity contribution in [2.24, 2.45) is 0 Å². The first-order valence-electron chi connectivity index (χ1n) is 6.42. The summed E-state index contributed by atoms with van der Waals surface area (Å²) >= 11 is 3.03. The number of aliphatic carboxylic acids is 1. The second-order valence-electron chi connectivity index (χ2n) is 5.11. The Balaban J connectivity index is 2.20. The van der Waals surface area contributed by atoms with Gasteiger partial charge in [-0.3, -0.25) is 9.59 Å². The van der Waals surface area contributed by atoms with Crippen molar-refractivity contribution in [2.45, 2.75) is 37.6 Å². The molecule has 4 nitrogen and oxygen atoms in total. The number of carbonyl (C=O) groups excluding carboxylic acids is 1. The van der Waals surface area contributed by atoms with Gasteiger partial charge in [-0.2, -0.15) is 0 Å². The highest BCUT2D eigenvalue weighted by Crippen LogP contribution is 2.33. The van der Waals surface area contributed by atoms with E-state index in [1.54, 1.807) is 6.07 Å². The van der Waals surface area contributed by atoms with E-state index in [0.29, 0.717) is 12.8 Å². The third kappa shape index (κ3) is 3.17. The van der Waals surface area contributed by atoms with E-state index in [1.165, 1.54) is 12.1 Å². The van der Waals surface area contributed by atoms with Crippen molar-refractivity contribution in [1.82, 2.24) is 5.32 Å². The molecule has 0 radical (unpaired) electrons.